The monoisotopic (exact) mass is 291 g/mol. The highest BCUT2D eigenvalue weighted by Gasteiger charge is 2.34. The number of hydrogen-bond donors (Lipinski definition) is 1. The molecule has 116 valence electrons. The molecule has 2 fully saturated rings. The zero-order valence-electron chi connectivity index (χ0n) is 13.0. The lowest BCUT2D eigenvalue weighted by molar-refractivity contribution is -0.137. The Labute approximate surface area is 126 Å². The fraction of sp³-hybridized carbons (Fsp3) is 0.733. The number of amides is 1. The van der Waals surface area contributed by atoms with E-state index >= 15 is 0 Å². The van der Waals surface area contributed by atoms with E-state index in [-0.39, 0.29) is 11.9 Å². The Morgan fingerprint density at radius 1 is 1.38 bits per heavy atom. The standard InChI is InChI=1S/C15H25N5O/c1-16-14(12-9-17-18(2)10-12)15(21)20-8-7-19-6-4-3-5-13(19)11-20/h9-10,13-14,16H,3-8,11H2,1-2H3. The van der Waals surface area contributed by atoms with Gasteiger partial charge in [-0.1, -0.05) is 6.42 Å². The van der Waals surface area contributed by atoms with E-state index in [4.69, 9.17) is 0 Å². The molecule has 0 spiro atoms. The summed E-state index contributed by atoms with van der Waals surface area (Å²) < 4.78 is 1.74. The zero-order valence-corrected chi connectivity index (χ0v) is 13.0. The van der Waals surface area contributed by atoms with Crippen molar-refractivity contribution in [1.29, 1.82) is 0 Å². The lowest BCUT2D eigenvalue weighted by atomic mass is 9.98. The molecule has 0 aromatic carbocycles. The molecule has 0 aliphatic carbocycles. The van der Waals surface area contributed by atoms with Crippen molar-refractivity contribution in [3.63, 3.8) is 0 Å². The number of fused-ring (bicyclic) bond motifs is 1. The molecule has 3 heterocycles. The number of nitrogens with one attached hydrogen (secondary N) is 1. The van der Waals surface area contributed by atoms with E-state index < -0.39 is 0 Å². The van der Waals surface area contributed by atoms with Crippen LogP contribution in [0.15, 0.2) is 12.4 Å². The smallest absolute Gasteiger partial charge is 0.244 e. The molecule has 2 aliphatic heterocycles. The van der Waals surface area contributed by atoms with Crippen molar-refractivity contribution in [2.75, 3.05) is 33.2 Å². The van der Waals surface area contributed by atoms with Crippen LogP contribution in [0.3, 0.4) is 0 Å². The molecule has 1 aromatic heterocycles. The van der Waals surface area contributed by atoms with Gasteiger partial charge in [0.15, 0.2) is 0 Å². The summed E-state index contributed by atoms with van der Waals surface area (Å²) in [5.74, 6) is 0.177. The molecule has 21 heavy (non-hydrogen) atoms. The predicted octanol–water partition coefficient (Wildman–Crippen LogP) is 0.377. The maximum atomic E-state index is 12.8. The van der Waals surface area contributed by atoms with Crippen LogP contribution in [0.1, 0.15) is 30.9 Å². The van der Waals surface area contributed by atoms with E-state index in [9.17, 15) is 4.79 Å². The Bertz CT molecular complexity index is 500. The third-order valence-electron chi connectivity index (χ3n) is 4.74. The topological polar surface area (TPSA) is 53.4 Å². The molecule has 6 nitrogen and oxygen atoms in total. The first-order chi connectivity index (χ1) is 10.2. The van der Waals surface area contributed by atoms with Crippen LogP contribution in [0.25, 0.3) is 0 Å². The molecular weight excluding hydrogens is 266 g/mol. The summed E-state index contributed by atoms with van der Waals surface area (Å²) in [4.78, 5) is 17.4. The number of hydrogen-bond acceptors (Lipinski definition) is 4. The zero-order chi connectivity index (χ0) is 14.8. The quantitative estimate of drug-likeness (QED) is 0.875. The summed E-state index contributed by atoms with van der Waals surface area (Å²) in [6.45, 7) is 3.93. The number of rotatable bonds is 3. The van der Waals surface area contributed by atoms with Gasteiger partial charge in [0.05, 0.1) is 6.20 Å². The van der Waals surface area contributed by atoms with Crippen molar-refractivity contribution in [3.8, 4) is 0 Å². The number of carbonyl (C=O) groups is 1. The van der Waals surface area contributed by atoms with Crippen LogP contribution in [0.2, 0.25) is 0 Å². The van der Waals surface area contributed by atoms with Gasteiger partial charge < -0.3 is 10.2 Å². The van der Waals surface area contributed by atoms with E-state index in [0.717, 1.165) is 25.2 Å². The van der Waals surface area contributed by atoms with E-state index in [1.54, 1.807) is 10.9 Å². The lowest BCUT2D eigenvalue weighted by Gasteiger charge is -2.44. The van der Waals surface area contributed by atoms with Crippen LogP contribution in [0.5, 0.6) is 0 Å². The van der Waals surface area contributed by atoms with Gasteiger partial charge in [0.2, 0.25) is 5.91 Å². The van der Waals surface area contributed by atoms with Gasteiger partial charge in [-0.25, -0.2) is 0 Å². The fourth-order valence-corrected chi connectivity index (χ4v) is 3.56. The van der Waals surface area contributed by atoms with Crippen molar-refractivity contribution in [3.05, 3.63) is 18.0 Å². The third kappa shape index (κ3) is 2.96. The Kier molecular flexibility index (Phi) is 4.26. The van der Waals surface area contributed by atoms with Gasteiger partial charge in [-0.3, -0.25) is 14.4 Å². The molecule has 2 unspecified atom stereocenters. The Hall–Kier alpha value is -1.40. The molecule has 0 bridgehead atoms. The minimum Gasteiger partial charge on any atom is -0.338 e. The largest absolute Gasteiger partial charge is 0.338 e. The Balaban J connectivity index is 1.69. The Morgan fingerprint density at radius 2 is 2.24 bits per heavy atom. The average Bonchev–Trinajstić information content (AvgIpc) is 2.93. The molecule has 2 atom stereocenters. The highest BCUT2D eigenvalue weighted by molar-refractivity contribution is 5.83. The average molecular weight is 291 g/mol. The first kappa shape index (κ1) is 14.5. The van der Waals surface area contributed by atoms with Gasteiger partial charge in [-0.05, 0) is 26.4 Å². The van der Waals surface area contributed by atoms with Gasteiger partial charge in [0.1, 0.15) is 6.04 Å². The molecule has 6 heteroatoms. The fourth-order valence-electron chi connectivity index (χ4n) is 3.56. The summed E-state index contributed by atoms with van der Waals surface area (Å²) in [5, 5.41) is 7.32. The molecule has 0 radical (unpaired) electrons. The number of piperidine rings is 1. The van der Waals surface area contributed by atoms with E-state index in [0.29, 0.717) is 6.04 Å². The molecule has 1 aromatic rings. The van der Waals surface area contributed by atoms with Crippen molar-refractivity contribution in [2.24, 2.45) is 7.05 Å². The predicted molar refractivity (Wildman–Crippen MR) is 80.8 cm³/mol. The van der Waals surface area contributed by atoms with Crippen molar-refractivity contribution >= 4 is 5.91 Å². The van der Waals surface area contributed by atoms with E-state index in [1.807, 2.05) is 25.2 Å². The summed E-state index contributed by atoms with van der Waals surface area (Å²) >= 11 is 0. The highest BCUT2D eigenvalue weighted by Crippen LogP contribution is 2.23. The van der Waals surface area contributed by atoms with Gasteiger partial charge in [-0.2, -0.15) is 5.10 Å². The van der Waals surface area contributed by atoms with Crippen LogP contribution in [0.4, 0.5) is 0 Å². The van der Waals surface area contributed by atoms with Gasteiger partial charge >= 0.3 is 0 Å². The van der Waals surface area contributed by atoms with Crippen LogP contribution in [-0.4, -0.2) is 64.8 Å². The molecule has 0 saturated carbocycles. The number of likely N-dealkylation sites (N-methyl/N-ethyl adjacent to an activating group) is 1. The third-order valence-corrected chi connectivity index (χ3v) is 4.74. The van der Waals surface area contributed by atoms with Crippen LogP contribution >= 0.6 is 0 Å². The maximum Gasteiger partial charge on any atom is 0.244 e. The van der Waals surface area contributed by atoms with Crippen molar-refractivity contribution in [1.82, 2.24) is 24.9 Å². The van der Waals surface area contributed by atoms with Crippen LogP contribution in [-0.2, 0) is 11.8 Å². The van der Waals surface area contributed by atoms with E-state index in [2.05, 4.69) is 15.3 Å². The number of carbonyl (C=O) groups excluding carboxylic acids is 1. The second-order valence-electron chi connectivity index (χ2n) is 6.14. The normalized spacial score (nSPS) is 24.7. The van der Waals surface area contributed by atoms with Gasteiger partial charge in [0.25, 0.3) is 0 Å². The molecule has 2 saturated heterocycles. The summed E-state index contributed by atoms with van der Waals surface area (Å²) in [6.07, 6.45) is 7.51. The number of aryl methyl sites for hydroxylation is 1. The highest BCUT2D eigenvalue weighted by atomic mass is 16.2. The summed E-state index contributed by atoms with van der Waals surface area (Å²) in [6, 6.07) is 0.275. The SMILES string of the molecule is CNC(C(=O)N1CCN2CCCCC2C1)c1cnn(C)c1. The van der Waals surface area contributed by atoms with E-state index in [1.165, 1.54) is 25.8 Å². The van der Waals surface area contributed by atoms with Crippen molar-refractivity contribution in [2.45, 2.75) is 31.3 Å². The number of nitrogens with zero attached hydrogens (tertiary/aromatic N) is 4. The number of piperazine rings is 1. The molecule has 3 rings (SSSR count). The lowest BCUT2D eigenvalue weighted by Crippen LogP contribution is -2.57. The molecule has 1 amide bonds. The van der Waals surface area contributed by atoms with Crippen LogP contribution < -0.4 is 5.32 Å². The first-order valence-corrected chi connectivity index (χ1v) is 7.87. The summed E-state index contributed by atoms with van der Waals surface area (Å²) in [5.41, 5.74) is 0.941. The summed E-state index contributed by atoms with van der Waals surface area (Å²) in [7, 11) is 3.72. The molecule has 1 N–H and O–H groups in total. The van der Waals surface area contributed by atoms with Crippen LogP contribution in [0, 0.1) is 0 Å². The van der Waals surface area contributed by atoms with Crippen molar-refractivity contribution < 1.29 is 4.79 Å². The van der Waals surface area contributed by atoms with Gasteiger partial charge in [0, 0.05) is 44.5 Å². The Morgan fingerprint density at radius 3 is 2.95 bits per heavy atom. The molecule has 2 aliphatic rings. The molecular formula is C15H25N5O. The maximum absolute atomic E-state index is 12.8. The second-order valence-corrected chi connectivity index (χ2v) is 6.14. The minimum absolute atomic E-state index is 0.177. The number of aromatic nitrogens is 2. The minimum atomic E-state index is -0.283. The van der Waals surface area contributed by atoms with Gasteiger partial charge in [-0.15, -0.1) is 0 Å². The first-order valence-electron chi connectivity index (χ1n) is 7.87. The second kappa shape index (κ2) is 6.15.